The number of aliphatic hydroxyl groups excluding tert-OH is 2. The third-order valence-electron chi connectivity index (χ3n) is 9.46. The van der Waals surface area contributed by atoms with E-state index in [2.05, 4.69) is 9.97 Å². The SMILES string of the molecule is CC(C)c1nccc2c1-n1c(=O)nc(N3CCN(C(=O)OC(C)(C)C)C[C@@H]3C)c3cc(F)c(nc31)-c1c(F)cccc1OCC1OC(C(O)CO)OC21. The molecule has 0 radical (unpaired) electrons. The number of rotatable bonds is 4. The molecular formula is C37H42F2N6O8. The van der Waals surface area contributed by atoms with Crippen molar-refractivity contribution >= 4 is 22.9 Å². The number of piperazine rings is 1. The van der Waals surface area contributed by atoms with Crippen molar-refractivity contribution in [3.05, 3.63) is 69.9 Å². The molecule has 3 aromatic heterocycles. The average molecular weight is 737 g/mol. The van der Waals surface area contributed by atoms with Crippen LogP contribution in [0.1, 0.15) is 64.8 Å². The first-order valence-electron chi connectivity index (χ1n) is 17.5. The van der Waals surface area contributed by atoms with Crippen LogP contribution in [0.25, 0.3) is 28.0 Å². The maximum atomic E-state index is 16.5. The molecule has 282 valence electrons. The van der Waals surface area contributed by atoms with Crippen LogP contribution >= 0.6 is 0 Å². The molecular weight excluding hydrogens is 694 g/mol. The van der Waals surface area contributed by atoms with Gasteiger partial charge in [0, 0.05) is 37.4 Å². The molecule has 6 heterocycles. The van der Waals surface area contributed by atoms with Crippen molar-refractivity contribution in [2.75, 3.05) is 37.7 Å². The number of carbonyl (C=O) groups is 1. The second-order valence-corrected chi connectivity index (χ2v) is 14.8. The molecule has 2 N–H and O–H groups in total. The van der Waals surface area contributed by atoms with Crippen molar-refractivity contribution in [1.82, 2.24) is 24.4 Å². The first-order valence-corrected chi connectivity index (χ1v) is 17.5. The van der Waals surface area contributed by atoms with Crippen molar-refractivity contribution in [1.29, 1.82) is 0 Å². The van der Waals surface area contributed by atoms with E-state index in [1.807, 2.05) is 25.7 Å². The van der Waals surface area contributed by atoms with Crippen LogP contribution in [0, 0.1) is 11.6 Å². The van der Waals surface area contributed by atoms with Gasteiger partial charge in [-0.25, -0.2) is 27.9 Å². The third-order valence-corrected chi connectivity index (χ3v) is 9.46. The maximum Gasteiger partial charge on any atom is 0.410 e. The number of aromatic nitrogens is 4. The Balaban J connectivity index is 1.48. The minimum absolute atomic E-state index is 0.0356. The lowest BCUT2D eigenvalue weighted by Crippen LogP contribution is -2.55. The molecule has 7 rings (SSSR count). The number of ether oxygens (including phenoxy) is 4. The van der Waals surface area contributed by atoms with Gasteiger partial charge in [-0.3, -0.25) is 4.98 Å². The van der Waals surface area contributed by atoms with E-state index in [9.17, 15) is 19.8 Å². The predicted molar refractivity (Wildman–Crippen MR) is 188 cm³/mol. The lowest BCUT2D eigenvalue weighted by Gasteiger charge is -2.41. The number of fused-ring (bicyclic) bond motifs is 7. The summed E-state index contributed by atoms with van der Waals surface area (Å²) in [4.78, 5) is 44.8. The summed E-state index contributed by atoms with van der Waals surface area (Å²) in [6.07, 6.45) is -3.56. The zero-order valence-electron chi connectivity index (χ0n) is 30.2. The van der Waals surface area contributed by atoms with Crippen molar-refractivity contribution in [2.24, 2.45) is 0 Å². The number of pyridine rings is 2. The molecule has 53 heavy (non-hydrogen) atoms. The van der Waals surface area contributed by atoms with Gasteiger partial charge in [0.15, 0.2) is 17.8 Å². The molecule has 1 amide bonds. The molecule has 4 aromatic rings. The van der Waals surface area contributed by atoms with Crippen LogP contribution in [-0.4, -0.2) is 104 Å². The van der Waals surface area contributed by atoms with Gasteiger partial charge in [0.1, 0.15) is 53.6 Å². The Labute approximate surface area is 303 Å². The normalized spacial score (nSPS) is 22.1. The highest BCUT2D eigenvalue weighted by Crippen LogP contribution is 2.42. The van der Waals surface area contributed by atoms with E-state index in [0.717, 1.165) is 6.07 Å². The van der Waals surface area contributed by atoms with Gasteiger partial charge in [-0.1, -0.05) is 19.9 Å². The second-order valence-electron chi connectivity index (χ2n) is 14.8. The number of amides is 1. The van der Waals surface area contributed by atoms with Crippen molar-refractivity contribution in [3.8, 4) is 22.7 Å². The van der Waals surface area contributed by atoms with Gasteiger partial charge in [0.05, 0.1) is 28.9 Å². The molecule has 4 unspecified atom stereocenters. The summed E-state index contributed by atoms with van der Waals surface area (Å²) in [5.74, 6) is -1.89. The smallest absolute Gasteiger partial charge is 0.410 e. The van der Waals surface area contributed by atoms with Gasteiger partial charge in [-0.2, -0.15) is 4.98 Å². The Morgan fingerprint density at radius 3 is 2.58 bits per heavy atom. The summed E-state index contributed by atoms with van der Waals surface area (Å²) in [5, 5.41) is 20.4. The summed E-state index contributed by atoms with van der Waals surface area (Å²) in [6.45, 7) is 10.8. The lowest BCUT2D eigenvalue weighted by atomic mass is 9.97. The maximum absolute atomic E-state index is 16.5. The molecule has 2 saturated heterocycles. The van der Waals surface area contributed by atoms with Crippen LogP contribution in [0.15, 0.2) is 41.3 Å². The topological polar surface area (TPSA) is 162 Å². The standard InChI is InChI=1S/C37H42F2N6O8/c1-18(2)28-30-20(10-11-40-28)31-26(51-34(52-31)24(47)16-46)17-50-25-9-7-8-22(38)27(25)29-23(39)14-21-32(42-35(48)45(30)33(21)41-29)44-13-12-43(15-19(44)3)36(49)53-37(4,5)6/h7-11,14,18-19,24,26,31,34,46-47H,12-13,15-17H2,1-6H3/t19-,24?,26?,31?,34?/m0/s1. The fraction of sp³-hybridized carbons (Fsp3) is 0.486. The van der Waals surface area contributed by atoms with E-state index < -0.39 is 65.9 Å². The molecule has 3 aliphatic rings. The molecule has 0 spiro atoms. The first kappa shape index (κ1) is 36.6. The number of halogens is 2. The van der Waals surface area contributed by atoms with Crippen LogP contribution in [0.5, 0.6) is 5.75 Å². The third kappa shape index (κ3) is 6.68. The minimum Gasteiger partial charge on any atom is -0.490 e. The van der Waals surface area contributed by atoms with Crippen molar-refractivity contribution in [3.63, 3.8) is 0 Å². The highest BCUT2D eigenvalue weighted by Gasteiger charge is 2.44. The van der Waals surface area contributed by atoms with Crippen molar-refractivity contribution in [2.45, 2.75) is 83.7 Å². The molecule has 14 nitrogen and oxygen atoms in total. The highest BCUT2D eigenvalue weighted by molar-refractivity contribution is 5.91. The Kier molecular flexibility index (Phi) is 9.59. The van der Waals surface area contributed by atoms with Gasteiger partial charge in [-0.05, 0) is 57.9 Å². The Morgan fingerprint density at radius 2 is 1.89 bits per heavy atom. The fourth-order valence-electron chi connectivity index (χ4n) is 7.05. The number of aliphatic hydroxyl groups is 2. The van der Waals surface area contributed by atoms with Crippen LogP contribution < -0.4 is 15.3 Å². The molecule has 3 aliphatic heterocycles. The first-order chi connectivity index (χ1) is 25.2. The van der Waals surface area contributed by atoms with E-state index in [1.54, 1.807) is 37.9 Å². The van der Waals surface area contributed by atoms with E-state index in [0.29, 0.717) is 11.3 Å². The van der Waals surface area contributed by atoms with Crippen LogP contribution in [0.2, 0.25) is 0 Å². The second kappa shape index (κ2) is 13.9. The number of benzene rings is 1. The molecule has 0 aliphatic carbocycles. The van der Waals surface area contributed by atoms with Gasteiger partial charge < -0.3 is 39.0 Å². The van der Waals surface area contributed by atoms with E-state index >= 15 is 8.78 Å². The van der Waals surface area contributed by atoms with Crippen LogP contribution in [0.3, 0.4) is 0 Å². The van der Waals surface area contributed by atoms with Gasteiger partial charge in [-0.15, -0.1) is 0 Å². The summed E-state index contributed by atoms with van der Waals surface area (Å²) < 4.78 is 57.5. The highest BCUT2D eigenvalue weighted by atomic mass is 19.1. The number of hydrogen-bond donors (Lipinski definition) is 2. The minimum atomic E-state index is -1.42. The quantitative estimate of drug-likeness (QED) is 0.308. The average Bonchev–Trinajstić information content (AvgIpc) is 3.53. The Hall–Kier alpha value is -4.77. The summed E-state index contributed by atoms with van der Waals surface area (Å²) in [5.41, 5.74) is -1.07. The lowest BCUT2D eigenvalue weighted by molar-refractivity contribution is -0.150. The summed E-state index contributed by atoms with van der Waals surface area (Å²) >= 11 is 0. The molecule has 2 bridgehead atoms. The van der Waals surface area contributed by atoms with E-state index in [-0.39, 0.29) is 72.1 Å². The van der Waals surface area contributed by atoms with Gasteiger partial charge >= 0.3 is 11.8 Å². The monoisotopic (exact) mass is 736 g/mol. The predicted octanol–water partition coefficient (Wildman–Crippen LogP) is 4.22. The summed E-state index contributed by atoms with van der Waals surface area (Å²) in [6, 6.07) is 6.46. The van der Waals surface area contributed by atoms with Gasteiger partial charge in [0.25, 0.3) is 0 Å². The van der Waals surface area contributed by atoms with Crippen LogP contribution in [0.4, 0.5) is 19.4 Å². The molecule has 1 aromatic carbocycles. The Bertz CT molecular complexity index is 2120. The number of carbonyl (C=O) groups excluding carboxylic acids is 1. The van der Waals surface area contributed by atoms with E-state index in [1.165, 1.54) is 22.8 Å². The zero-order valence-corrected chi connectivity index (χ0v) is 30.2. The van der Waals surface area contributed by atoms with Gasteiger partial charge in [0.2, 0.25) is 0 Å². The molecule has 5 atom stereocenters. The summed E-state index contributed by atoms with van der Waals surface area (Å²) in [7, 11) is 0. The number of anilines is 1. The zero-order chi connectivity index (χ0) is 37.9. The fourth-order valence-corrected chi connectivity index (χ4v) is 7.05. The number of hydrogen-bond acceptors (Lipinski definition) is 12. The Morgan fingerprint density at radius 1 is 1.11 bits per heavy atom. The largest absolute Gasteiger partial charge is 0.490 e. The van der Waals surface area contributed by atoms with E-state index in [4.69, 9.17) is 23.9 Å². The molecule has 16 heteroatoms. The van der Waals surface area contributed by atoms with Crippen LogP contribution in [-0.2, 0) is 14.2 Å². The molecule has 0 saturated carbocycles. The van der Waals surface area contributed by atoms with Crippen molar-refractivity contribution < 1.29 is 42.7 Å². The number of nitrogens with zero attached hydrogens (tertiary/aromatic N) is 6. The molecule has 2 fully saturated rings.